The van der Waals surface area contributed by atoms with Gasteiger partial charge in [-0.3, -0.25) is 14.5 Å². The highest BCUT2D eigenvalue weighted by Crippen LogP contribution is 2.41. The van der Waals surface area contributed by atoms with Crippen LogP contribution < -0.4 is 4.74 Å². The van der Waals surface area contributed by atoms with Crippen molar-refractivity contribution in [1.29, 1.82) is 0 Å². The Bertz CT molecular complexity index is 649. The number of ether oxygens (including phenoxy) is 1. The molecule has 6 heteroatoms. The molecule has 0 bridgehead atoms. The van der Waals surface area contributed by atoms with Crippen LogP contribution in [0.4, 0.5) is 0 Å². The van der Waals surface area contributed by atoms with Gasteiger partial charge in [0.25, 0.3) is 0 Å². The van der Waals surface area contributed by atoms with E-state index in [9.17, 15) is 9.59 Å². The number of nitrogens with zero attached hydrogens (tertiary/aromatic N) is 3. The van der Waals surface area contributed by atoms with E-state index in [1.165, 1.54) is 5.56 Å². The Hall–Kier alpha value is -2.08. The number of hydrogen-bond donors (Lipinski definition) is 0. The first-order valence-corrected chi connectivity index (χ1v) is 9.28. The molecule has 2 heterocycles. The molecule has 0 unspecified atom stereocenters. The van der Waals surface area contributed by atoms with E-state index in [1.54, 1.807) is 31.0 Å². The quantitative estimate of drug-likeness (QED) is 0.801. The van der Waals surface area contributed by atoms with Gasteiger partial charge >= 0.3 is 0 Å². The standard InChI is InChI=1S/C20H29N3O3/c1-21(2)18(24)15-23-13-10-20(19(23)25)8-11-22(12-9-20)14-16-4-6-17(26-3)7-5-16/h4-7H,8-15H2,1-3H3. The summed E-state index contributed by atoms with van der Waals surface area (Å²) in [6, 6.07) is 8.17. The van der Waals surface area contributed by atoms with Crippen molar-refractivity contribution in [3.8, 4) is 5.75 Å². The highest BCUT2D eigenvalue weighted by atomic mass is 16.5. The molecule has 0 N–H and O–H groups in total. The number of amides is 2. The first kappa shape index (κ1) is 18.7. The van der Waals surface area contributed by atoms with Gasteiger partial charge in [0.15, 0.2) is 0 Å². The molecule has 2 amide bonds. The Kier molecular flexibility index (Phi) is 5.51. The zero-order valence-electron chi connectivity index (χ0n) is 16.0. The van der Waals surface area contributed by atoms with Crippen LogP contribution in [-0.2, 0) is 16.1 Å². The molecule has 2 aliphatic heterocycles. The van der Waals surface area contributed by atoms with E-state index in [0.717, 1.165) is 44.6 Å². The summed E-state index contributed by atoms with van der Waals surface area (Å²) in [5.74, 6) is 1.04. The minimum atomic E-state index is -0.247. The van der Waals surface area contributed by atoms with Crippen molar-refractivity contribution in [2.45, 2.75) is 25.8 Å². The van der Waals surface area contributed by atoms with E-state index in [4.69, 9.17) is 4.74 Å². The molecular formula is C20H29N3O3. The molecule has 3 rings (SSSR count). The van der Waals surface area contributed by atoms with E-state index >= 15 is 0 Å². The van der Waals surface area contributed by atoms with Crippen molar-refractivity contribution < 1.29 is 14.3 Å². The maximum atomic E-state index is 12.9. The molecular weight excluding hydrogens is 330 g/mol. The maximum absolute atomic E-state index is 12.9. The third-order valence-corrected chi connectivity index (χ3v) is 5.80. The van der Waals surface area contributed by atoms with Crippen LogP contribution in [0.1, 0.15) is 24.8 Å². The van der Waals surface area contributed by atoms with Crippen molar-refractivity contribution in [2.75, 3.05) is 47.4 Å². The molecule has 2 fully saturated rings. The Morgan fingerprint density at radius 3 is 2.31 bits per heavy atom. The van der Waals surface area contributed by atoms with E-state index < -0.39 is 0 Å². The molecule has 142 valence electrons. The number of carbonyl (C=O) groups excluding carboxylic acids is 2. The molecule has 0 saturated carbocycles. The fourth-order valence-corrected chi connectivity index (χ4v) is 3.94. The molecule has 26 heavy (non-hydrogen) atoms. The van der Waals surface area contributed by atoms with Crippen molar-refractivity contribution in [3.63, 3.8) is 0 Å². The molecule has 0 radical (unpaired) electrons. The van der Waals surface area contributed by atoms with Crippen molar-refractivity contribution in [1.82, 2.24) is 14.7 Å². The number of carbonyl (C=O) groups is 2. The molecule has 1 aromatic carbocycles. The van der Waals surface area contributed by atoms with Gasteiger partial charge in [0.05, 0.1) is 19.1 Å². The molecule has 0 atom stereocenters. The lowest BCUT2D eigenvalue weighted by atomic mass is 9.77. The van der Waals surface area contributed by atoms with Crippen LogP contribution in [0.2, 0.25) is 0 Å². The van der Waals surface area contributed by atoms with E-state index in [-0.39, 0.29) is 23.8 Å². The summed E-state index contributed by atoms with van der Waals surface area (Å²) in [7, 11) is 5.14. The van der Waals surface area contributed by atoms with Crippen molar-refractivity contribution in [3.05, 3.63) is 29.8 Å². The summed E-state index contributed by atoms with van der Waals surface area (Å²) in [6.45, 7) is 3.66. The fourth-order valence-electron chi connectivity index (χ4n) is 3.94. The summed E-state index contributed by atoms with van der Waals surface area (Å²) in [6.07, 6.45) is 2.65. The lowest BCUT2D eigenvalue weighted by Gasteiger charge is -2.38. The van der Waals surface area contributed by atoms with Gasteiger partial charge in [0.2, 0.25) is 11.8 Å². The van der Waals surface area contributed by atoms with E-state index in [0.29, 0.717) is 6.54 Å². The van der Waals surface area contributed by atoms with Gasteiger partial charge in [-0.2, -0.15) is 0 Å². The average molecular weight is 359 g/mol. The monoisotopic (exact) mass is 359 g/mol. The minimum Gasteiger partial charge on any atom is -0.497 e. The molecule has 1 spiro atoms. The van der Waals surface area contributed by atoms with Crippen LogP contribution in [0.5, 0.6) is 5.75 Å². The number of methoxy groups -OCH3 is 1. The zero-order chi connectivity index (χ0) is 18.7. The molecule has 1 aromatic rings. The second kappa shape index (κ2) is 7.66. The number of benzene rings is 1. The largest absolute Gasteiger partial charge is 0.497 e. The lowest BCUT2D eigenvalue weighted by Crippen LogP contribution is -2.46. The Labute approximate surface area is 155 Å². The first-order valence-electron chi connectivity index (χ1n) is 9.28. The number of piperidine rings is 1. The number of likely N-dealkylation sites (tertiary alicyclic amines) is 2. The van der Waals surface area contributed by atoms with Gasteiger partial charge in [-0.25, -0.2) is 0 Å². The van der Waals surface area contributed by atoms with E-state index in [1.807, 2.05) is 12.1 Å². The summed E-state index contributed by atoms with van der Waals surface area (Å²) in [5, 5.41) is 0. The van der Waals surface area contributed by atoms with Gasteiger partial charge in [0, 0.05) is 27.2 Å². The van der Waals surface area contributed by atoms with Gasteiger partial charge in [0.1, 0.15) is 5.75 Å². The van der Waals surface area contributed by atoms with Crippen LogP contribution in [0.15, 0.2) is 24.3 Å². The topological polar surface area (TPSA) is 53.1 Å². The van der Waals surface area contributed by atoms with Crippen LogP contribution >= 0.6 is 0 Å². The minimum absolute atomic E-state index is 0.00709. The first-order chi connectivity index (χ1) is 12.4. The van der Waals surface area contributed by atoms with Gasteiger partial charge in [-0.1, -0.05) is 12.1 Å². The molecule has 2 aliphatic rings. The lowest BCUT2D eigenvalue weighted by molar-refractivity contribution is -0.143. The summed E-state index contributed by atoms with van der Waals surface area (Å²) < 4.78 is 5.20. The Morgan fingerprint density at radius 2 is 1.73 bits per heavy atom. The fraction of sp³-hybridized carbons (Fsp3) is 0.600. The van der Waals surface area contributed by atoms with Gasteiger partial charge in [-0.15, -0.1) is 0 Å². The number of rotatable bonds is 5. The third-order valence-electron chi connectivity index (χ3n) is 5.80. The van der Waals surface area contributed by atoms with Crippen LogP contribution in [0, 0.1) is 5.41 Å². The van der Waals surface area contributed by atoms with Crippen LogP contribution in [-0.4, -0.2) is 73.9 Å². The second-order valence-corrected chi connectivity index (χ2v) is 7.67. The molecule has 0 aliphatic carbocycles. The predicted octanol–water partition coefficient (Wildman–Crippen LogP) is 1.60. The van der Waals surface area contributed by atoms with Crippen molar-refractivity contribution in [2.24, 2.45) is 5.41 Å². The number of likely N-dealkylation sites (N-methyl/N-ethyl adjacent to an activating group) is 1. The second-order valence-electron chi connectivity index (χ2n) is 7.67. The summed E-state index contributed by atoms with van der Waals surface area (Å²) in [5.41, 5.74) is 1.01. The van der Waals surface area contributed by atoms with Crippen molar-refractivity contribution >= 4 is 11.8 Å². The third kappa shape index (κ3) is 3.85. The Balaban J connectivity index is 1.54. The van der Waals surface area contributed by atoms with Gasteiger partial charge in [-0.05, 0) is 50.0 Å². The number of hydrogen-bond acceptors (Lipinski definition) is 4. The predicted molar refractivity (Wildman–Crippen MR) is 99.8 cm³/mol. The summed E-state index contributed by atoms with van der Waals surface area (Å²) in [4.78, 5) is 30.5. The molecule has 6 nitrogen and oxygen atoms in total. The smallest absolute Gasteiger partial charge is 0.241 e. The van der Waals surface area contributed by atoms with Crippen LogP contribution in [0.3, 0.4) is 0 Å². The SMILES string of the molecule is COc1ccc(CN2CCC3(CC2)CCN(CC(=O)N(C)C)C3=O)cc1. The highest BCUT2D eigenvalue weighted by Gasteiger charge is 2.48. The maximum Gasteiger partial charge on any atom is 0.241 e. The Morgan fingerprint density at radius 1 is 1.12 bits per heavy atom. The summed E-state index contributed by atoms with van der Waals surface area (Å²) >= 11 is 0. The average Bonchev–Trinajstić information content (AvgIpc) is 2.94. The molecule has 0 aromatic heterocycles. The molecule has 2 saturated heterocycles. The zero-order valence-corrected chi connectivity index (χ0v) is 16.0. The highest BCUT2D eigenvalue weighted by molar-refractivity contribution is 5.89. The van der Waals surface area contributed by atoms with Crippen LogP contribution in [0.25, 0.3) is 0 Å². The normalized spacial score (nSPS) is 19.8. The van der Waals surface area contributed by atoms with Gasteiger partial charge < -0.3 is 14.5 Å². The van der Waals surface area contributed by atoms with E-state index in [2.05, 4.69) is 17.0 Å².